The SMILES string of the molecule is CC(CNCc1cccc(F)c1O)C1CC1. The predicted octanol–water partition coefficient (Wildman–Crippen LogP) is 2.67. The van der Waals surface area contributed by atoms with Gasteiger partial charge in [0, 0.05) is 12.1 Å². The van der Waals surface area contributed by atoms with Crippen LogP contribution in [-0.4, -0.2) is 11.7 Å². The van der Waals surface area contributed by atoms with Gasteiger partial charge in [-0.2, -0.15) is 0 Å². The van der Waals surface area contributed by atoms with Crippen molar-refractivity contribution in [3.8, 4) is 5.75 Å². The smallest absolute Gasteiger partial charge is 0.165 e. The fourth-order valence-electron chi connectivity index (χ4n) is 1.97. The first-order valence-electron chi connectivity index (χ1n) is 5.85. The quantitative estimate of drug-likeness (QED) is 0.804. The largest absolute Gasteiger partial charge is 0.505 e. The Balaban J connectivity index is 1.82. The van der Waals surface area contributed by atoms with Crippen LogP contribution in [0, 0.1) is 17.7 Å². The molecule has 1 aliphatic carbocycles. The van der Waals surface area contributed by atoms with E-state index in [0.29, 0.717) is 18.0 Å². The molecule has 1 unspecified atom stereocenters. The molecular weight excluding hydrogens is 205 g/mol. The minimum Gasteiger partial charge on any atom is -0.505 e. The van der Waals surface area contributed by atoms with Crippen molar-refractivity contribution in [2.24, 2.45) is 11.8 Å². The Morgan fingerprint density at radius 3 is 2.94 bits per heavy atom. The van der Waals surface area contributed by atoms with E-state index in [1.165, 1.54) is 18.9 Å². The third-order valence-corrected chi connectivity index (χ3v) is 3.28. The Morgan fingerprint density at radius 1 is 1.50 bits per heavy atom. The number of nitrogens with one attached hydrogen (secondary N) is 1. The molecule has 88 valence electrons. The van der Waals surface area contributed by atoms with Crippen LogP contribution in [0.4, 0.5) is 4.39 Å². The van der Waals surface area contributed by atoms with Crippen molar-refractivity contribution >= 4 is 0 Å². The summed E-state index contributed by atoms with van der Waals surface area (Å²) in [6, 6.07) is 4.63. The zero-order chi connectivity index (χ0) is 11.5. The molecule has 3 heteroatoms. The van der Waals surface area contributed by atoms with Crippen LogP contribution in [0.2, 0.25) is 0 Å². The van der Waals surface area contributed by atoms with Crippen LogP contribution in [-0.2, 0) is 6.54 Å². The molecule has 1 aromatic rings. The minimum atomic E-state index is -0.547. The molecule has 0 amide bonds. The van der Waals surface area contributed by atoms with Crippen molar-refractivity contribution in [2.75, 3.05) is 6.54 Å². The summed E-state index contributed by atoms with van der Waals surface area (Å²) in [5.74, 6) is 0.771. The summed E-state index contributed by atoms with van der Waals surface area (Å²) >= 11 is 0. The van der Waals surface area contributed by atoms with Gasteiger partial charge in [0.25, 0.3) is 0 Å². The van der Waals surface area contributed by atoms with Crippen LogP contribution in [0.15, 0.2) is 18.2 Å². The molecule has 16 heavy (non-hydrogen) atoms. The van der Waals surface area contributed by atoms with E-state index in [0.717, 1.165) is 12.5 Å². The third-order valence-electron chi connectivity index (χ3n) is 3.28. The van der Waals surface area contributed by atoms with Crippen molar-refractivity contribution < 1.29 is 9.50 Å². The zero-order valence-electron chi connectivity index (χ0n) is 9.54. The van der Waals surface area contributed by atoms with Gasteiger partial charge >= 0.3 is 0 Å². The van der Waals surface area contributed by atoms with Crippen molar-refractivity contribution in [3.05, 3.63) is 29.6 Å². The van der Waals surface area contributed by atoms with E-state index in [1.54, 1.807) is 12.1 Å². The molecule has 0 aliphatic heterocycles. The third kappa shape index (κ3) is 2.73. The second kappa shape index (κ2) is 4.83. The molecule has 1 atom stereocenters. The van der Waals surface area contributed by atoms with E-state index < -0.39 is 5.82 Å². The maximum Gasteiger partial charge on any atom is 0.165 e. The summed E-state index contributed by atoms with van der Waals surface area (Å²) in [6.07, 6.45) is 2.68. The summed E-state index contributed by atoms with van der Waals surface area (Å²) in [4.78, 5) is 0. The van der Waals surface area contributed by atoms with Crippen LogP contribution in [0.1, 0.15) is 25.3 Å². The molecule has 2 nitrogen and oxygen atoms in total. The summed E-state index contributed by atoms with van der Waals surface area (Å²) in [7, 11) is 0. The average molecular weight is 223 g/mol. The van der Waals surface area contributed by atoms with Crippen molar-refractivity contribution in [1.29, 1.82) is 0 Å². The number of para-hydroxylation sites is 1. The Bertz CT molecular complexity index is 363. The van der Waals surface area contributed by atoms with Gasteiger partial charge in [0.15, 0.2) is 11.6 Å². The first kappa shape index (κ1) is 11.4. The van der Waals surface area contributed by atoms with Crippen LogP contribution in [0.25, 0.3) is 0 Å². The minimum absolute atomic E-state index is 0.228. The maximum atomic E-state index is 13.0. The van der Waals surface area contributed by atoms with E-state index in [4.69, 9.17) is 0 Å². The number of hydrogen-bond donors (Lipinski definition) is 2. The second-order valence-corrected chi connectivity index (χ2v) is 4.69. The molecule has 1 fully saturated rings. The van der Waals surface area contributed by atoms with E-state index in [-0.39, 0.29) is 5.75 Å². The number of benzene rings is 1. The number of halogens is 1. The molecular formula is C13H18FNO. The Labute approximate surface area is 95.5 Å². The van der Waals surface area contributed by atoms with E-state index in [9.17, 15) is 9.50 Å². The molecule has 1 aliphatic rings. The monoisotopic (exact) mass is 223 g/mol. The number of aromatic hydroxyl groups is 1. The highest BCUT2D eigenvalue weighted by molar-refractivity contribution is 5.33. The fourth-order valence-corrected chi connectivity index (χ4v) is 1.97. The van der Waals surface area contributed by atoms with Crippen molar-refractivity contribution in [3.63, 3.8) is 0 Å². The normalized spacial score (nSPS) is 17.4. The molecule has 0 heterocycles. The van der Waals surface area contributed by atoms with Gasteiger partial charge < -0.3 is 10.4 Å². The Hall–Kier alpha value is -1.09. The number of phenols is 1. The van der Waals surface area contributed by atoms with Gasteiger partial charge in [-0.15, -0.1) is 0 Å². The molecule has 0 radical (unpaired) electrons. The summed E-state index contributed by atoms with van der Waals surface area (Å²) in [5.41, 5.74) is 0.628. The summed E-state index contributed by atoms with van der Waals surface area (Å²) in [6.45, 7) is 3.69. The van der Waals surface area contributed by atoms with Gasteiger partial charge in [-0.3, -0.25) is 0 Å². The van der Waals surface area contributed by atoms with Gasteiger partial charge in [0.1, 0.15) is 0 Å². The highest BCUT2D eigenvalue weighted by Crippen LogP contribution is 2.36. The zero-order valence-corrected chi connectivity index (χ0v) is 9.54. The number of hydrogen-bond acceptors (Lipinski definition) is 2. The van der Waals surface area contributed by atoms with Gasteiger partial charge in [-0.25, -0.2) is 4.39 Å². The van der Waals surface area contributed by atoms with Crippen LogP contribution in [0.5, 0.6) is 5.75 Å². The number of rotatable bonds is 5. The maximum absolute atomic E-state index is 13.0. The van der Waals surface area contributed by atoms with Gasteiger partial charge in [0.2, 0.25) is 0 Å². The lowest BCUT2D eigenvalue weighted by Crippen LogP contribution is -2.21. The topological polar surface area (TPSA) is 32.3 Å². The first-order chi connectivity index (χ1) is 7.68. The molecule has 1 aromatic carbocycles. The lowest BCUT2D eigenvalue weighted by Gasteiger charge is -2.12. The van der Waals surface area contributed by atoms with Gasteiger partial charge in [-0.1, -0.05) is 19.1 Å². The first-order valence-corrected chi connectivity index (χ1v) is 5.85. The van der Waals surface area contributed by atoms with Crippen LogP contribution in [0.3, 0.4) is 0 Å². The highest BCUT2D eigenvalue weighted by atomic mass is 19.1. The fraction of sp³-hybridized carbons (Fsp3) is 0.538. The Morgan fingerprint density at radius 2 is 2.25 bits per heavy atom. The molecule has 2 N–H and O–H groups in total. The second-order valence-electron chi connectivity index (χ2n) is 4.69. The van der Waals surface area contributed by atoms with E-state index in [1.807, 2.05) is 0 Å². The molecule has 0 aromatic heterocycles. The lowest BCUT2D eigenvalue weighted by atomic mass is 10.1. The summed E-state index contributed by atoms with van der Waals surface area (Å²) < 4.78 is 13.0. The highest BCUT2D eigenvalue weighted by Gasteiger charge is 2.27. The molecule has 2 rings (SSSR count). The van der Waals surface area contributed by atoms with E-state index >= 15 is 0 Å². The van der Waals surface area contributed by atoms with Crippen LogP contribution >= 0.6 is 0 Å². The van der Waals surface area contributed by atoms with Gasteiger partial charge in [0.05, 0.1) is 0 Å². The van der Waals surface area contributed by atoms with Gasteiger partial charge in [-0.05, 0) is 37.3 Å². The van der Waals surface area contributed by atoms with E-state index in [2.05, 4.69) is 12.2 Å². The van der Waals surface area contributed by atoms with Crippen molar-refractivity contribution in [2.45, 2.75) is 26.3 Å². The molecule has 0 spiro atoms. The molecule has 0 bridgehead atoms. The standard InChI is InChI=1S/C13H18FNO/c1-9(10-5-6-10)7-15-8-11-3-2-4-12(14)13(11)16/h2-4,9-10,15-16H,5-8H2,1H3. The predicted molar refractivity (Wildman–Crippen MR) is 61.7 cm³/mol. The Kier molecular flexibility index (Phi) is 3.44. The lowest BCUT2D eigenvalue weighted by molar-refractivity contribution is 0.417. The van der Waals surface area contributed by atoms with Crippen molar-refractivity contribution in [1.82, 2.24) is 5.32 Å². The molecule has 0 saturated heterocycles. The van der Waals surface area contributed by atoms with Crippen LogP contribution < -0.4 is 5.32 Å². The summed E-state index contributed by atoms with van der Waals surface area (Å²) in [5, 5.41) is 12.7. The molecule has 1 saturated carbocycles. The number of phenolic OH excluding ortho intramolecular Hbond substituents is 1. The average Bonchev–Trinajstić information content (AvgIpc) is 3.07.